The van der Waals surface area contributed by atoms with Crippen LogP contribution >= 0.6 is 0 Å². The summed E-state index contributed by atoms with van der Waals surface area (Å²) >= 11 is 0. The molecule has 0 unspecified atom stereocenters. The Morgan fingerprint density at radius 2 is 2.30 bits per heavy atom. The number of urea groups is 1. The van der Waals surface area contributed by atoms with Crippen LogP contribution < -0.4 is 15.4 Å². The summed E-state index contributed by atoms with van der Waals surface area (Å²) in [6.45, 7) is 1.35. The lowest BCUT2D eigenvalue weighted by atomic mass is 10.1. The largest absolute Gasteiger partial charge is 0.470 e. The van der Waals surface area contributed by atoms with E-state index in [4.69, 9.17) is 13.9 Å². The fraction of sp³-hybridized carbons (Fsp3) is 0.375. The Balaban J connectivity index is 1.52. The van der Waals surface area contributed by atoms with Crippen molar-refractivity contribution in [2.45, 2.75) is 25.1 Å². The number of ether oxygens (including phenoxy) is 2. The number of carbonyl (C=O) groups is 1. The SMILES string of the molecule is O=C(NCc1ccco1)N[C@@H]1CCOC[C@H]1Oc1ccccn1. The molecule has 2 atom stereocenters. The van der Waals surface area contributed by atoms with Crippen molar-refractivity contribution in [3.63, 3.8) is 0 Å². The summed E-state index contributed by atoms with van der Waals surface area (Å²) < 4.78 is 16.4. The molecule has 1 saturated heterocycles. The number of carbonyl (C=O) groups excluding carboxylic acids is 1. The molecule has 23 heavy (non-hydrogen) atoms. The van der Waals surface area contributed by atoms with Crippen molar-refractivity contribution in [1.29, 1.82) is 0 Å². The second kappa shape index (κ2) is 7.64. The Kier molecular flexibility index (Phi) is 5.10. The third kappa shape index (κ3) is 4.46. The van der Waals surface area contributed by atoms with E-state index in [-0.39, 0.29) is 18.2 Å². The molecule has 0 spiro atoms. The number of hydrogen-bond donors (Lipinski definition) is 2. The molecule has 7 nitrogen and oxygen atoms in total. The van der Waals surface area contributed by atoms with Gasteiger partial charge in [0.2, 0.25) is 5.88 Å². The average Bonchev–Trinajstić information content (AvgIpc) is 3.09. The first kappa shape index (κ1) is 15.4. The minimum atomic E-state index is -0.270. The van der Waals surface area contributed by atoms with Crippen molar-refractivity contribution in [2.75, 3.05) is 13.2 Å². The van der Waals surface area contributed by atoms with Gasteiger partial charge in [0.15, 0.2) is 0 Å². The number of nitrogens with one attached hydrogen (secondary N) is 2. The quantitative estimate of drug-likeness (QED) is 0.877. The second-order valence-electron chi connectivity index (χ2n) is 5.20. The van der Waals surface area contributed by atoms with Crippen LogP contribution in [0.5, 0.6) is 5.88 Å². The second-order valence-corrected chi connectivity index (χ2v) is 5.20. The van der Waals surface area contributed by atoms with E-state index < -0.39 is 0 Å². The van der Waals surface area contributed by atoms with Gasteiger partial charge in [-0.15, -0.1) is 0 Å². The summed E-state index contributed by atoms with van der Waals surface area (Å²) in [5.74, 6) is 1.22. The van der Waals surface area contributed by atoms with Gasteiger partial charge in [-0.05, 0) is 24.6 Å². The molecular formula is C16H19N3O4. The van der Waals surface area contributed by atoms with Crippen molar-refractivity contribution in [1.82, 2.24) is 15.6 Å². The number of aromatic nitrogens is 1. The average molecular weight is 317 g/mol. The highest BCUT2D eigenvalue weighted by atomic mass is 16.5. The summed E-state index contributed by atoms with van der Waals surface area (Å²) in [4.78, 5) is 16.2. The van der Waals surface area contributed by atoms with Crippen LogP contribution in [0.3, 0.4) is 0 Å². The molecule has 1 fully saturated rings. The Bertz CT molecular complexity index is 603. The molecule has 1 aliphatic rings. The molecule has 3 heterocycles. The number of amides is 2. The highest BCUT2D eigenvalue weighted by molar-refractivity contribution is 5.74. The number of nitrogens with zero attached hydrogens (tertiary/aromatic N) is 1. The number of rotatable bonds is 5. The van der Waals surface area contributed by atoms with Crippen LogP contribution in [-0.4, -0.2) is 36.4 Å². The molecule has 2 amide bonds. The number of pyridine rings is 1. The van der Waals surface area contributed by atoms with Gasteiger partial charge in [-0.25, -0.2) is 9.78 Å². The lowest BCUT2D eigenvalue weighted by molar-refractivity contribution is -0.0137. The van der Waals surface area contributed by atoms with E-state index in [9.17, 15) is 4.79 Å². The fourth-order valence-electron chi connectivity index (χ4n) is 2.36. The predicted octanol–water partition coefficient (Wildman–Crippen LogP) is 1.71. The molecule has 7 heteroatoms. The van der Waals surface area contributed by atoms with Crippen molar-refractivity contribution in [3.8, 4) is 5.88 Å². The first-order chi connectivity index (χ1) is 11.3. The minimum Gasteiger partial charge on any atom is -0.470 e. The Morgan fingerprint density at radius 1 is 1.35 bits per heavy atom. The van der Waals surface area contributed by atoms with Gasteiger partial charge in [0.1, 0.15) is 11.9 Å². The topological polar surface area (TPSA) is 85.6 Å². The molecule has 122 valence electrons. The monoisotopic (exact) mass is 317 g/mol. The van der Waals surface area contributed by atoms with Gasteiger partial charge in [0, 0.05) is 18.9 Å². The maximum absolute atomic E-state index is 12.0. The van der Waals surface area contributed by atoms with Crippen LogP contribution in [0.25, 0.3) is 0 Å². The van der Waals surface area contributed by atoms with Crippen LogP contribution in [0.1, 0.15) is 12.2 Å². The smallest absolute Gasteiger partial charge is 0.315 e. The summed E-state index contributed by atoms with van der Waals surface area (Å²) in [5, 5.41) is 5.69. The Morgan fingerprint density at radius 3 is 3.09 bits per heavy atom. The standard InChI is InChI=1S/C16H19N3O4/c20-16(18-10-12-4-3-8-22-12)19-13-6-9-21-11-14(13)23-15-5-1-2-7-17-15/h1-5,7-8,13-14H,6,9-11H2,(H2,18,19,20)/t13-,14-/m1/s1. The predicted molar refractivity (Wildman–Crippen MR) is 82.0 cm³/mol. The first-order valence-corrected chi connectivity index (χ1v) is 7.53. The highest BCUT2D eigenvalue weighted by Crippen LogP contribution is 2.15. The molecule has 1 aliphatic heterocycles. The van der Waals surface area contributed by atoms with E-state index in [0.29, 0.717) is 37.8 Å². The first-order valence-electron chi connectivity index (χ1n) is 7.53. The Labute approximate surface area is 134 Å². The molecule has 2 aromatic heterocycles. The van der Waals surface area contributed by atoms with Gasteiger partial charge in [-0.2, -0.15) is 0 Å². The third-order valence-electron chi connectivity index (χ3n) is 3.53. The fourth-order valence-corrected chi connectivity index (χ4v) is 2.36. The van der Waals surface area contributed by atoms with Crippen molar-refractivity contribution >= 4 is 6.03 Å². The molecule has 3 rings (SSSR count). The summed E-state index contributed by atoms with van der Waals surface area (Å²) in [5.41, 5.74) is 0. The van der Waals surface area contributed by atoms with Crippen LogP contribution in [0.4, 0.5) is 4.79 Å². The van der Waals surface area contributed by atoms with Gasteiger partial charge >= 0.3 is 6.03 Å². The van der Waals surface area contributed by atoms with Crippen LogP contribution in [0.15, 0.2) is 47.2 Å². The molecule has 0 saturated carbocycles. The van der Waals surface area contributed by atoms with E-state index >= 15 is 0 Å². The summed E-state index contributed by atoms with van der Waals surface area (Å²) in [7, 11) is 0. The minimum absolute atomic E-state index is 0.137. The third-order valence-corrected chi connectivity index (χ3v) is 3.53. The van der Waals surface area contributed by atoms with Crippen LogP contribution in [0.2, 0.25) is 0 Å². The zero-order valence-corrected chi connectivity index (χ0v) is 12.6. The van der Waals surface area contributed by atoms with E-state index in [1.54, 1.807) is 24.6 Å². The molecule has 0 radical (unpaired) electrons. The molecule has 2 aromatic rings. The Hall–Kier alpha value is -2.54. The van der Waals surface area contributed by atoms with Crippen molar-refractivity contribution in [2.24, 2.45) is 0 Å². The summed E-state index contributed by atoms with van der Waals surface area (Å²) in [6.07, 6.45) is 3.65. The molecule has 0 aromatic carbocycles. The zero-order valence-electron chi connectivity index (χ0n) is 12.6. The van der Waals surface area contributed by atoms with E-state index in [1.807, 2.05) is 18.2 Å². The van der Waals surface area contributed by atoms with Crippen LogP contribution in [-0.2, 0) is 11.3 Å². The van der Waals surface area contributed by atoms with E-state index in [2.05, 4.69) is 15.6 Å². The molecular weight excluding hydrogens is 298 g/mol. The maximum atomic E-state index is 12.0. The van der Waals surface area contributed by atoms with E-state index in [1.165, 1.54) is 0 Å². The van der Waals surface area contributed by atoms with Gasteiger partial charge in [-0.1, -0.05) is 6.07 Å². The van der Waals surface area contributed by atoms with Crippen molar-refractivity contribution < 1.29 is 18.7 Å². The molecule has 0 bridgehead atoms. The van der Waals surface area contributed by atoms with Crippen molar-refractivity contribution in [3.05, 3.63) is 48.6 Å². The molecule has 0 aliphatic carbocycles. The van der Waals surface area contributed by atoms with Gasteiger partial charge in [0.05, 0.1) is 25.5 Å². The lowest BCUT2D eigenvalue weighted by Crippen LogP contribution is -2.53. The number of hydrogen-bond acceptors (Lipinski definition) is 5. The van der Waals surface area contributed by atoms with Gasteiger partial charge in [0.25, 0.3) is 0 Å². The highest BCUT2D eigenvalue weighted by Gasteiger charge is 2.29. The van der Waals surface area contributed by atoms with Crippen LogP contribution in [0, 0.1) is 0 Å². The normalized spacial score (nSPS) is 20.7. The molecule has 2 N–H and O–H groups in total. The lowest BCUT2D eigenvalue weighted by Gasteiger charge is -2.31. The van der Waals surface area contributed by atoms with E-state index in [0.717, 1.165) is 0 Å². The van der Waals surface area contributed by atoms with Gasteiger partial charge in [-0.3, -0.25) is 0 Å². The number of furan rings is 1. The maximum Gasteiger partial charge on any atom is 0.315 e. The van der Waals surface area contributed by atoms with Gasteiger partial charge < -0.3 is 24.5 Å². The summed E-state index contributed by atoms with van der Waals surface area (Å²) in [6, 6.07) is 8.64. The zero-order chi connectivity index (χ0) is 15.9.